The van der Waals surface area contributed by atoms with Gasteiger partial charge >= 0.3 is 0 Å². The zero-order valence-electron chi connectivity index (χ0n) is 9.77. The molecule has 2 amide bonds. The Hall–Kier alpha value is -2.24. The van der Waals surface area contributed by atoms with Crippen LogP contribution in [0.4, 0.5) is 0 Å². The van der Waals surface area contributed by atoms with Crippen LogP contribution in [0.3, 0.4) is 0 Å². The van der Waals surface area contributed by atoms with E-state index in [9.17, 15) is 9.59 Å². The highest BCUT2D eigenvalue weighted by molar-refractivity contribution is 5.83. The second-order valence-electron chi connectivity index (χ2n) is 3.93. The second kappa shape index (κ2) is 5.39. The number of carbonyl (C=O) groups is 2. The molecule has 96 valence electrons. The van der Waals surface area contributed by atoms with Crippen molar-refractivity contribution in [2.24, 2.45) is 5.73 Å². The van der Waals surface area contributed by atoms with Crippen LogP contribution >= 0.6 is 0 Å². The molecule has 6 nitrogen and oxygen atoms in total. The van der Waals surface area contributed by atoms with Crippen molar-refractivity contribution in [1.29, 1.82) is 0 Å². The van der Waals surface area contributed by atoms with Crippen LogP contribution in [0.1, 0.15) is 12.0 Å². The third-order valence-electron chi connectivity index (χ3n) is 2.54. The first-order chi connectivity index (χ1) is 8.65. The Morgan fingerprint density at radius 2 is 2.06 bits per heavy atom. The van der Waals surface area contributed by atoms with Crippen LogP contribution in [0.2, 0.25) is 0 Å². The number of hydrogen-bond acceptors (Lipinski definition) is 4. The lowest BCUT2D eigenvalue weighted by Crippen LogP contribution is -2.33. The number of benzene rings is 1. The molecule has 0 unspecified atom stereocenters. The Bertz CT molecular complexity index is 473. The number of carbonyl (C=O) groups excluding carboxylic acids is 2. The molecular weight excluding hydrogens is 236 g/mol. The standard InChI is InChI=1S/C12H14N2O4/c13-11(15)6-14-12(16)4-2-8-1-3-9-10(5-8)18-7-17-9/h1,3,5H,2,4,6-7H2,(H2,13,15)(H,14,16). The molecule has 0 aromatic heterocycles. The SMILES string of the molecule is NC(=O)CNC(=O)CCc1ccc2c(c1)OCO2. The Labute approximate surface area is 104 Å². The van der Waals surface area contributed by atoms with Crippen LogP contribution in [0.15, 0.2) is 18.2 Å². The minimum absolute atomic E-state index is 0.125. The molecule has 0 saturated heterocycles. The van der Waals surface area contributed by atoms with Gasteiger partial charge in [0.25, 0.3) is 0 Å². The van der Waals surface area contributed by atoms with Gasteiger partial charge in [0.1, 0.15) is 0 Å². The zero-order valence-corrected chi connectivity index (χ0v) is 9.77. The molecule has 1 aromatic rings. The highest BCUT2D eigenvalue weighted by atomic mass is 16.7. The zero-order chi connectivity index (χ0) is 13.0. The van der Waals surface area contributed by atoms with E-state index in [0.717, 1.165) is 11.3 Å². The minimum atomic E-state index is -0.550. The number of fused-ring (bicyclic) bond motifs is 1. The van der Waals surface area contributed by atoms with E-state index in [-0.39, 0.29) is 19.2 Å². The number of aryl methyl sites for hydroxylation is 1. The van der Waals surface area contributed by atoms with Gasteiger partial charge < -0.3 is 20.5 Å². The van der Waals surface area contributed by atoms with Crippen LogP contribution < -0.4 is 20.5 Å². The van der Waals surface area contributed by atoms with Crippen LogP contribution in [-0.2, 0) is 16.0 Å². The van der Waals surface area contributed by atoms with Crippen molar-refractivity contribution in [3.05, 3.63) is 23.8 Å². The van der Waals surface area contributed by atoms with Crippen molar-refractivity contribution in [3.63, 3.8) is 0 Å². The van der Waals surface area contributed by atoms with Gasteiger partial charge in [-0.25, -0.2) is 0 Å². The first kappa shape index (κ1) is 12.2. The first-order valence-corrected chi connectivity index (χ1v) is 5.58. The number of rotatable bonds is 5. The second-order valence-corrected chi connectivity index (χ2v) is 3.93. The highest BCUT2D eigenvalue weighted by Crippen LogP contribution is 2.32. The van der Waals surface area contributed by atoms with Gasteiger partial charge in [-0.3, -0.25) is 9.59 Å². The fourth-order valence-electron chi connectivity index (χ4n) is 1.63. The lowest BCUT2D eigenvalue weighted by atomic mass is 10.1. The van der Waals surface area contributed by atoms with E-state index >= 15 is 0 Å². The number of nitrogens with one attached hydrogen (secondary N) is 1. The van der Waals surface area contributed by atoms with Crippen LogP contribution in [0.25, 0.3) is 0 Å². The van der Waals surface area contributed by atoms with Crippen molar-refractivity contribution < 1.29 is 19.1 Å². The molecule has 2 rings (SSSR count). The fourth-order valence-corrected chi connectivity index (χ4v) is 1.63. The van der Waals surface area contributed by atoms with Gasteiger partial charge in [0.05, 0.1) is 6.54 Å². The summed E-state index contributed by atoms with van der Waals surface area (Å²) < 4.78 is 10.4. The first-order valence-electron chi connectivity index (χ1n) is 5.58. The molecule has 1 aromatic carbocycles. The monoisotopic (exact) mass is 250 g/mol. The molecule has 0 atom stereocenters. The van der Waals surface area contributed by atoms with E-state index < -0.39 is 5.91 Å². The summed E-state index contributed by atoms with van der Waals surface area (Å²) >= 11 is 0. The Balaban J connectivity index is 1.83. The van der Waals surface area contributed by atoms with Gasteiger partial charge in [-0.05, 0) is 24.1 Å². The number of ether oxygens (including phenoxy) is 2. The molecular formula is C12H14N2O4. The van der Waals surface area contributed by atoms with Gasteiger partial charge in [0.2, 0.25) is 18.6 Å². The average molecular weight is 250 g/mol. The molecule has 0 radical (unpaired) electrons. The van der Waals surface area contributed by atoms with Crippen LogP contribution in [0.5, 0.6) is 11.5 Å². The van der Waals surface area contributed by atoms with E-state index in [0.29, 0.717) is 18.6 Å². The summed E-state index contributed by atoms with van der Waals surface area (Å²) in [6.45, 7) is 0.109. The summed E-state index contributed by atoms with van der Waals surface area (Å²) in [6, 6.07) is 5.55. The topological polar surface area (TPSA) is 90.7 Å². The molecule has 1 aliphatic heterocycles. The molecule has 6 heteroatoms. The summed E-state index contributed by atoms with van der Waals surface area (Å²) in [7, 11) is 0. The normalized spacial score (nSPS) is 12.2. The van der Waals surface area contributed by atoms with Gasteiger partial charge in [-0.2, -0.15) is 0 Å². The Kier molecular flexibility index (Phi) is 3.66. The predicted molar refractivity (Wildman–Crippen MR) is 63.1 cm³/mol. The molecule has 0 fully saturated rings. The maximum atomic E-state index is 11.4. The molecule has 1 aliphatic rings. The number of primary amides is 1. The summed E-state index contributed by atoms with van der Waals surface area (Å²) in [6.07, 6.45) is 0.869. The number of nitrogens with two attached hydrogens (primary N) is 1. The van der Waals surface area contributed by atoms with Crippen LogP contribution in [0, 0.1) is 0 Å². The Morgan fingerprint density at radius 3 is 2.83 bits per heavy atom. The lowest BCUT2D eigenvalue weighted by molar-refractivity contribution is -0.124. The smallest absolute Gasteiger partial charge is 0.236 e. The van der Waals surface area contributed by atoms with Gasteiger partial charge in [-0.15, -0.1) is 0 Å². The minimum Gasteiger partial charge on any atom is -0.454 e. The number of hydrogen-bond donors (Lipinski definition) is 2. The predicted octanol–water partition coefficient (Wildman–Crippen LogP) is -0.0506. The lowest BCUT2D eigenvalue weighted by Gasteiger charge is -2.04. The quantitative estimate of drug-likeness (QED) is 0.766. The van der Waals surface area contributed by atoms with Gasteiger partial charge in [0.15, 0.2) is 11.5 Å². The number of amides is 2. The molecule has 0 saturated carbocycles. The summed E-state index contributed by atoms with van der Waals surface area (Å²) in [4.78, 5) is 21.9. The maximum absolute atomic E-state index is 11.4. The molecule has 18 heavy (non-hydrogen) atoms. The van der Waals surface area contributed by atoms with E-state index in [4.69, 9.17) is 15.2 Å². The third kappa shape index (κ3) is 3.13. The molecule has 0 bridgehead atoms. The molecule has 1 heterocycles. The van der Waals surface area contributed by atoms with Crippen molar-refractivity contribution >= 4 is 11.8 Å². The van der Waals surface area contributed by atoms with Crippen molar-refractivity contribution in [1.82, 2.24) is 5.32 Å². The van der Waals surface area contributed by atoms with Crippen LogP contribution in [-0.4, -0.2) is 25.2 Å². The highest BCUT2D eigenvalue weighted by Gasteiger charge is 2.13. The fraction of sp³-hybridized carbons (Fsp3) is 0.333. The van der Waals surface area contributed by atoms with Crippen molar-refractivity contribution in [3.8, 4) is 11.5 Å². The molecule has 0 aliphatic carbocycles. The van der Waals surface area contributed by atoms with E-state index in [1.54, 1.807) is 0 Å². The molecule has 3 N–H and O–H groups in total. The van der Waals surface area contributed by atoms with E-state index in [1.807, 2.05) is 18.2 Å². The summed E-state index contributed by atoms with van der Waals surface area (Å²) in [5.41, 5.74) is 5.91. The van der Waals surface area contributed by atoms with E-state index in [2.05, 4.69) is 5.32 Å². The van der Waals surface area contributed by atoms with Gasteiger partial charge in [-0.1, -0.05) is 6.07 Å². The maximum Gasteiger partial charge on any atom is 0.236 e. The van der Waals surface area contributed by atoms with E-state index in [1.165, 1.54) is 0 Å². The largest absolute Gasteiger partial charge is 0.454 e. The summed E-state index contributed by atoms with van der Waals surface area (Å²) in [5.74, 6) is 0.667. The Morgan fingerprint density at radius 1 is 1.28 bits per heavy atom. The average Bonchev–Trinajstić information content (AvgIpc) is 2.81. The third-order valence-corrected chi connectivity index (χ3v) is 2.54. The van der Waals surface area contributed by atoms with Gasteiger partial charge in [0, 0.05) is 6.42 Å². The van der Waals surface area contributed by atoms with Crippen molar-refractivity contribution in [2.45, 2.75) is 12.8 Å². The molecule has 0 spiro atoms. The van der Waals surface area contributed by atoms with Crippen molar-refractivity contribution in [2.75, 3.05) is 13.3 Å². The summed E-state index contributed by atoms with van der Waals surface area (Å²) in [5, 5.41) is 2.44.